The van der Waals surface area contributed by atoms with Crippen molar-refractivity contribution in [3.05, 3.63) is 54.1 Å². The first-order chi connectivity index (χ1) is 15.4. The standard InChI is InChI=1S/C22H24N4O5S/c27-21(15-5-7-17(8-6-15)32(29,30)25-9-11-31-12-10-25)23-16-13-20-22(28)24-18-3-1-2-4-19(18)26(20)14-16/h1-8,16,20H,9-14H2,(H,23,27)(H,24,28). The molecule has 3 heterocycles. The minimum Gasteiger partial charge on any atom is -0.379 e. The Bertz CT molecular complexity index is 1150. The highest BCUT2D eigenvalue weighted by Gasteiger charge is 2.41. The molecule has 0 spiro atoms. The van der Waals surface area contributed by atoms with Gasteiger partial charge in [-0.25, -0.2) is 8.42 Å². The van der Waals surface area contributed by atoms with E-state index in [1.165, 1.54) is 28.6 Å². The topological polar surface area (TPSA) is 108 Å². The van der Waals surface area contributed by atoms with Crippen molar-refractivity contribution in [2.75, 3.05) is 43.1 Å². The third kappa shape index (κ3) is 3.74. The molecule has 0 saturated carbocycles. The number of nitrogens with zero attached hydrogens (tertiary/aromatic N) is 2. The second-order valence-electron chi connectivity index (χ2n) is 8.12. The Morgan fingerprint density at radius 2 is 1.78 bits per heavy atom. The molecule has 0 aliphatic carbocycles. The molecule has 0 aromatic heterocycles. The number of ether oxygens (including phenoxy) is 1. The lowest BCUT2D eigenvalue weighted by molar-refractivity contribution is -0.117. The highest BCUT2D eigenvalue weighted by atomic mass is 32.2. The van der Waals surface area contributed by atoms with Gasteiger partial charge in [-0.1, -0.05) is 12.1 Å². The summed E-state index contributed by atoms with van der Waals surface area (Å²) < 4.78 is 32.1. The van der Waals surface area contributed by atoms with Gasteiger partial charge in [-0.05, 0) is 42.8 Å². The van der Waals surface area contributed by atoms with Gasteiger partial charge in [-0.15, -0.1) is 0 Å². The number of para-hydroxylation sites is 2. The quantitative estimate of drug-likeness (QED) is 0.712. The lowest BCUT2D eigenvalue weighted by Crippen LogP contribution is -2.44. The zero-order chi connectivity index (χ0) is 22.3. The lowest BCUT2D eigenvalue weighted by Gasteiger charge is -2.32. The number of carbonyl (C=O) groups is 2. The number of amides is 2. The number of hydrogen-bond acceptors (Lipinski definition) is 6. The van der Waals surface area contributed by atoms with Crippen LogP contribution >= 0.6 is 0 Å². The van der Waals surface area contributed by atoms with E-state index in [4.69, 9.17) is 4.74 Å². The Balaban J connectivity index is 1.27. The minimum atomic E-state index is -3.61. The molecule has 2 amide bonds. The van der Waals surface area contributed by atoms with Gasteiger partial charge in [0.15, 0.2) is 0 Å². The molecule has 32 heavy (non-hydrogen) atoms. The highest BCUT2D eigenvalue weighted by Crippen LogP contribution is 2.36. The molecule has 2 aromatic carbocycles. The number of benzene rings is 2. The van der Waals surface area contributed by atoms with Crippen LogP contribution in [0.3, 0.4) is 0 Å². The number of fused-ring (bicyclic) bond motifs is 3. The fourth-order valence-electron chi connectivity index (χ4n) is 4.48. The zero-order valence-corrected chi connectivity index (χ0v) is 18.2. The number of rotatable bonds is 4. The van der Waals surface area contributed by atoms with Crippen LogP contribution in [-0.2, 0) is 19.6 Å². The van der Waals surface area contributed by atoms with Crippen molar-refractivity contribution in [2.24, 2.45) is 0 Å². The summed E-state index contributed by atoms with van der Waals surface area (Å²) in [5.74, 6) is -0.364. The Kier molecular flexibility index (Phi) is 5.36. The van der Waals surface area contributed by atoms with Gasteiger partial charge in [0, 0.05) is 31.2 Å². The molecule has 168 valence electrons. The van der Waals surface area contributed by atoms with E-state index in [1.807, 2.05) is 29.2 Å². The Morgan fingerprint density at radius 1 is 1.06 bits per heavy atom. The van der Waals surface area contributed by atoms with Gasteiger partial charge in [-0.3, -0.25) is 9.59 Å². The summed E-state index contributed by atoms with van der Waals surface area (Å²) in [5.41, 5.74) is 2.10. The molecule has 0 bridgehead atoms. The maximum atomic E-state index is 12.8. The van der Waals surface area contributed by atoms with E-state index in [2.05, 4.69) is 10.6 Å². The Morgan fingerprint density at radius 3 is 2.53 bits per heavy atom. The number of morpholine rings is 1. The molecule has 0 radical (unpaired) electrons. The van der Waals surface area contributed by atoms with E-state index in [0.717, 1.165) is 11.4 Å². The maximum Gasteiger partial charge on any atom is 0.251 e. The van der Waals surface area contributed by atoms with Gasteiger partial charge in [0.25, 0.3) is 5.91 Å². The number of anilines is 2. The minimum absolute atomic E-state index is 0.0712. The number of nitrogens with one attached hydrogen (secondary N) is 2. The molecule has 2 N–H and O–H groups in total. The van der Waals surface area contributed by atoms with Gasteiger partial charge in [0.05, 0.1) is 29.5 Å². The summed E-state index contributed by atoms with van der Waals surface area (Å²) in [7, 11) is -3.61. The monoisotopic (exact) mass is 456 g/mol. The van der Waals surface area contributed by atoms with E-state index in [-0.39, 0.29) is 28.8 Å². The zero-order valence-electron chi connectivity index (χ0n) is 17.4. The van der Waals surface area contributed by atoms with Gasteiger partial charge in [-0.2, -0.15) is 4.31 Å². The van der Waals surface area contributed by atoms with Crippen LogP contribution in [0.1, 0.15) is 16.8 Å². The third-order valence-electron chi connectivity index (χ3n) is 6.13. The molecule has 2 aromatic rings. The largest absolute Gasteiger partial charge is 0.379 e. The molecule has 9 nitrogen and oxygen atoms in total. The fraction of sp³-hybridized carbons (Fsp3) is 0.364. The summed E-state index contributed by atoms with van der Waals surface area (Å²) in [5, 5.41) is 5.91. The van der Waals surface area contributed by atoms with Crippen molar-refractivity contribution in [1.82, 2.24) is 9.62 Å². The van der Waals surface area contributed by atoms with Crippen molar-refractivity contribution < 1.29 is 22.7 Å². The van der Waals surface area contributed by atoms with Crippen molar-refractivity contribution >= 4 is 33.2 Å². The molecule has 2 fully saturated rings. The average molecular weight is 457 g/mol. The maximum absolute atomic E-state index is 12.8. The summed E-state index contributed by atoms with van der Waals surface area (Å²) in [6, 6.07) is 13.1. The first kappa shape index (κ1) is 20.9. The second-order valence-corrected chi connectivity index (χ2v) is 10.1. The van der Waals surface area contributed by atoms with E-state index < -0.39 is 10.0 Å². The van der Waals surface area contributed by atoms with E-state index in [9.17, 15) is 18.0 Å². The van der Waals surface area contributed by atoms with Crippen LogP contribution in [0.4, 0.5) is 11.4 Å². The van der Waals surface area contributed by atoms with Crippen LogP contribution in [0.25, 0.3) is 0 Å². The molecular weight excluding hydrogens is 432 g/mol. The smallest absolute Gasteiger partial charge is 0.251 e. The first-order valence-corrected chi connectivity index (χ1v) is 12.0. The van der Waals surface area contributed by atoms with Crippen LogP contribution in [0, 0.1) is 0 Å². The average Bonchev–Trinajstić information content (AvgIpc) is 3.24. The van der Waals surface area contributed by atoms with Crippen LogP contribution in [-0.4, -0.2) is 69.5 Å². The van der Waals surface area contributed by atoms with Crippen molar-refractivity contribution in [3.8, 4) is 0 Å². The molecule has 3 aliphatic heterocycles. The number of hydrogen-bond donors (Lipinski definition) is 2. The SMILES string of the molecule is O=C(NC1CC2C(=O)Nc3ccccc3N2C1)c1ccc(S(=O)(=O)N2CCOCC2)cc1. The van der Waals surface area contributed by atoms with Gasteiger partial charge in [0.2, 0.25) is 15.9 Å². The van der Waals surface area contributed by atoms with Crippen molar-refractivity contribution in [2.45, 2.75) is 23.4 Å². The van der Waals surface area contributed by atoms with E-state index >= 15 is 0 Å². The van der Waals surface area contributed by atoms with Gasteiger partial charge < -0.3 is 20.3 Å². The summed E-state index contributed by atoms with van der Waals surface area (Å²) in [4.78, 5) is 27.4. The molecule has 3 aliphatic rings. The third-order valence-corrected chi connectivity index (χ3v) is 8.05. The normalized spacial score (nSPS) is 23.2. The highest BCUT2D eigenvalue weighted by molar-refractivity contribution is 7.89. The summed E-state index contributed by atoms with van der Waals surface area (Å²) in [6.45, 7) is 1.93. The van der Waals surface area contributed by atoms with Crippen LogP contribution < -0.4 is 15.5 Å². The van der Waals surface area contributed by atoms with Crippen molar-refractivity contribution in [1.29, 1.82) is 0 Å². The van der Waals surface area contributed by atoms with Crippen LogP contribution in [0.15, 0.2) is 53.4 Å². The summed E-state index contributed by atoms with van der Waals surface area (Å²) in [6.07, 6.45) is 0.509. The Labute approximate surface area is 186 Å². The van der Waals surface area contributed by atoms with Crippen molar-refractivity contribution in [3.63, 3.8) is 0 Å². The first-order valence-electron chi connectivity index (χ1n) is 10.6. The molecular formula is C22H24N4O5S. The van der Waals surface area contributed by atoms with E-state index in [1.54, 1.807) is 0 Å². The molecule has 2 saturated heterocycles. The van der Waals surface area contributed by atoms with Gasteiger partial charge >= 0.3 is 0 Å². The van der Waals surface area contributed by atoms with Gasteiger partial charge in [0.1, 0.15) is 6.04 Å². The molecule has 5 rings (SSSR count). The number of sulfonamides is 1. The van der Waals surface area contributed by atoms with E-state index in [0.29, 0.717) is 44.8 Å². The second kappa shape index (κ2) is 8.19. The van der Waals surface area contributed by atoms with Crippen LogP contribution in [0.5, 0.6) is 0 Å². The summed E-state index contributed by atoms with van der Waals surface area (Å²) >= 11 is 0. The predicted molar refractivity (Wildman–Crippen MR) is 118 cm³/mol. The Hall–Kier alpha value is -2.95. The molecule has 2 unspecified atom stereocenters. The molecule has 2 atom stereocenters. The van der Waals surface area contributed by atoms with Crippen LogP contribution in [0.2, 0.25) is 0 Å². The predicted octanol–water partition coefficient (Wildman–Crippen LogP) is 1.04. The fourth-order valence-corrected chi connectivity index (χ4v) is 5.89. The lowest BCUT2D eigenvalue weighted by atomic mass is 10.1. The molecule has 10 heteroatoms. The number of carbonyl (C=O) groups excluding carboxylic acids is 2.